The van der Waals surface area contributed by atoms with Crippen molar-refractivity contribution in [3.05, 3.63) is 29.3 Å². The molecular formula is C13H19NO2. The van der Waals surface area contributed by atoms with Gasteiger partial charge in [0.15, 0.2) is 0 Å². The van der Waals surface area contributed by atoms with E-state index in [4.69, 9.17) is 0 Å². The van der Waals surface area contributed by atoms with Gasteiger partial charge in [-0.3, -0.25) is 4.79 Å². The topological polar surface area (TPSA) is 40.5 Å². The van der Waals surface area contributed by atoms with Crippen LogP contribution in [0, 0.1) is 6.92 Å². The molecule has 3 heteroatoms. The molecule has 1 aromatic carbocycles. The Morgan fingerprint density at radius 2 is 2.06 bits per heavy atom. The summed E-state index contributed by atoms with van der Waals surface area (Å²) in [5.41, 5.74) is 1.11. The maximum atomic E-state index is 12.2. The highest BCUT2D eigenvalue weighted by Crippen LogP contribution is 2.23. The zero-order valence-electron chi connectivity index (χ0n) is 10.3. The highest BCUT2D eigenvalue weighted by molar-refractivity contribution is 5.97. The van der Waals surface area contributed by atoms with Crippen LogP contribution in [0.4, 0.5) is 0 Å². The number of para-hydroxylation sites is 1. The van der Waals surface area contributed by atoms with Gasteiger partial charge in [0.2, 0.25) is 0 Å². The number of nitrogens with zero attached hydrogens (tertiary/aromatic N) is 1. The summed E-state index contributed by atoms with van der Waals surface area (Å²) in [6.45, 7) is 8.30. The highest BCUT2D eigenvalue weighted by Gasteiger charge is 2.20. The lowest BCUT2D eigenvalue weighted by Gasteiger charge is -2.25. The predicted molar refractivity (Wildman–Crippen MR) is 64.7 cm³/mol. The van der Waals surface area contributed by atoms with E-state index in [0.29, 0.717) is 12.1 Å². The molecule has 0 radical (unpaired) electrons. The van der Waals surface area contributed by atoms with Crippen LogP contribution in [0.1, 0.15) is 36.7 Å². The summed E-state index contributed by atoms with van der Waals surface area (Å²) >= 11 is 0. The fourth-order valence-electron chi connectivity index (χ4n) is 1.73. The van der Waals surface area contributed by atoms with Crippen molar-refractivity contribution in [3.63, 3.8) is 0 Å². The first-order valence-corrected chi connectivity index (χ1v) is 5.58. The third-order valence-corrected chi connectivity index (χ3v) is 2.69. The minimum absolute atomic E-state index is 0.0894. The van der Waals surface area contributed by atoms with Gasteiger partial charge >= 0.3 is 0 Å². The van der Waals surface area contributed by atoms with Crippen LogP contribution in [0.2, 0.25) is 0 Å². The van der Waals surface area contributed by atoms with Crippen molar-refractivity contribution in [2.45, 2.75) is 33.7 Å². The lowest BCUT2D eigenvalue weighted by atomic mass is 10.1. The van der Waals surface area contributed by atoms with Crippen molar-refractivity contribution in [3.8, 4) is 5.75 Å². The van der Waals surface area contributed by atoms with Gasteiger partial charge in [-0.2, -0.15) is 0 Å². The summed E-state index contributed by atoms with van der Waals surface area (Å²) in [5, 5.41) is 9.85. The Hall–Kier alpha value is -1.51. The number of phenols is 1. The summed E-state index contributed by atoms with van der Waals surface area (Å²) in [4.78, 5) is 13.9. The van der Waals surface area contributed by atoms with Crippen molar-refractivity contribution >= 4 is 5.91 Å². The van der Waals surface area contributed by atoms with Gasteiger partial charge in [-0.05, 0) is 39.3 Å². The van der Waals surface area contributed by atoms with Crippen molar-refractivity contribution in [1.82, 2.24) is 4.90 Å². The van der Waals surface area contributed by atoms with E-state index in [1.54, 1.807) is 30.0 Å². The fourth-order valence-corrected chi connectivity index (χ4v) is 1.73. The number of carbonyl (C=O) groups is 1. The summed E-state index contributed by atoms with van der Waals surface area (Å²) in [5.74, 6) is -0.0229. The molecule has 1 N–H and O–H groups in total. The fraction of sp³-hybridized carbons (Fsp3) is 0.462. The minimum atomic E-state index is -0.112. The number of aromatic hydroxyl groups is 1. The molecule has 0 saturated carbocycles. The molecule has 0 fully saturated rings. The number of benzene rings is 1. The zero-order chi connectivity index (χ0) is 12.3. The van der Waals surface area contributed by atoms with E-state index >= 15 is 0 Å². The molecule has 0 saturated heterocycles. The van der Waals surface area contributed by atoms with Gasteiger partial charge in [0.05, 0.1) is 5.56 Å². The van der Waals surface area contributed by atoms with E-state index in [1.165, 1.54) is 0 Å². The first-order valence-electron chi connectivity index (χ1n) is 5.58. The number of rotatable bonds is 3. The molecule has 0 aromatic heterocycles. The molecule has 0 atom stereocenters. The Balaban J connectivity index is 3.09. The molecule has 1 rings (SSSR count). The molecule has 1 aromatic rings. The molecular weight excluding hydrogens is 202 g/mol. The van der Waals surface area contributed by atoms with Crippen molar-refractivity contribution in [2.75, 3.05) is 6.54 Å². The molecule has 0 unspecified atom stereocenters. The highest BCUT2D eigenvalue weighted by atomic mass is 16.3. The van der Waals surface area contributed by atoms with Crippen LogP contribution >= 0.6 is 0 Å². The monoisotopic (exact) mass is 221 g/mol. The molecule has 0 aliphatic heterocycles. The molecule has 0 heterocycles. The number of phenolic OH excluding ortho intramolecular Hbond substituents is 1. The van der Waals surface area contributed by atoms with Gasteiger partial charge in [0, 0.05) is 12.6 Å². The van der Waals surface area contributed by atoms with Gasteiger partial charge in [-0.15, -0.1) is 0 Å². The third-order valence-electron chi connectivity index (χ3n) is 2.69. The number of aryl methyl sites for hydroxylation is 1. The lowest BCUT2D eigenvalue weighted by molar-refractivity contribution is 0.0713. The Labute approximate surface area is 96.7 Å². The maximum Gasteiger partial charge on any atom is 0.257 e. The lowest BCUT2D eigenvalue weighted by Crippen LogP contribution is -2.36. The smallest absolute Gasteiger partial charge is 0.257 e. The van der Waals surface area contributed by atoms with E-state index < -0.39 is 0 Å². The average molecular weight is 221 g/mol. The Bertz CT molecular complexity index is 386. The quantitative estimate of drug-likeness (QED) is 0.852. The van der Waals surface area contributed by atoms with Crippen LogP contribution in [0.15, 0.2) is 18.2 Å². The van der Waals surface area contributed by atoms with Gasteiger partial charge in [0.1, 0.15) is 5.75 Å². The van der Waals surface area contributed by atoms with Crippen molar-refractivity contribution in [2.24, 2.45) is 0 Å². The standard InChI is InChI=1S/C13H19NO2/c1-5-14(9(2)3)13(16)11-8-6-7-10(4)12(11)15/h6-9,15H,5H2,1-4H3. The minimum Gasteiger partial charge on any atom is -0.507 e. The summed E-state index contributed by atoms with van der Waals surface area (Å²) in [6.07, 6.45) is 0. The average Bonchev–Trinajstić information content (AvgIpc) is 2.22. The molecule has 3 nitrogen and oxygen atoms in total. The summed E-state index contributed by atoms with van der Waals surface area (Å²) < 4.78 is 0. The van der Waals surface area contributed by atoms with Gasteiger partial charge in [-0.25, -0.2) is 0 Å². The molecule has 88 valence electrons. The van der Waals surface area contributed by atoms with Crippen LogP contribution in [0.5, 0.6) is 5.75 Å². The molecule has 16 heavy (non-hydrogen) atoms. The number of amides is 1. The molecule has 0 aliphatic rings. The zero-order valence-corrected chi connectivity index (χ0v) is 10.3. The Kier molecular flexibility index (Phi) is 3.93. The second-order valence-electron chi connectivity index (χ2n) is 4.16. The second kappa shape index (κ2) is 5.01. The van der Waals surface area contributed by atoms with Gasteiger partial charge in [0.25, 0.3) is 5.91 Å². The van der Waals surface area contributed by atoms with Crippen LogP contribution < -0.4 is 0 Å². The molecule has 0 spiro atoms. The van der Waals surface area contributed by atoms with E-state index in [-0.39, 0.29) is 17.7 Å². The summed E-state index contributed by atoms with van der Waals surface area (Å²) in [7, 11) is 0. The Morgan fingerprint density at radius 1 is 1.44 bits per heavy atom. The number of hydrogen-bond donors (Lipinski definition) is 1. The van der Waals surface area contributed by atoms with E-state index in [2.05, 4.69) is 0 Å². The predicted octanol–water partition coefficient (Wildman–Crippen LogP) is 2.57. The van der Waals surface area contributed by atoms with Crippen LogP contribution in [-0.4, -0.2) is 28.5 Å². The summed E-state index contributed by atoms with van der Waals surface area (Å²) in [6, 6.07) is 5.38. The third kappa shape index (κ3) is 2.35. The van der Waals surface area contributed by atoms with Crippen molar-refractivity contribution < 1.29 is 9.90 Å². The number of hydrogen-bond acceptors (Lipinski definition) is 2. The normalized spacial score (nSPS) is 10.6. The van der Waals surface area contributed by atoms with Crippen LogP contribution in [0.25, 0.3) is 0 Å². The van der Waals surface area contributed by atoms with Gasteiger partial charge < -0.3 is 10.0 Å². The van der Waals surface area contributed by atoms with E-state index in [1.807, 2.05) is 20.8 Å². The SMILES string of the molecule is CCN(C(=O)c1cccc(C)c1O)C(C)C. The van der Waals surface area contributed by atoms with Crippen LogP contribution in [-0.2, 0) is 0 Å². The Morgan fingerprint density at radius 3 is 2.56 bits per heavy atom. The van der Waals surface area contributed by atoms with E-state index in [9.17, 15) is 9.90 Å². The second-order valence-corrected chi connectivity index (χ2v) is 4.16. The number of carbonyl (C=O) groups excluding carboxylic acids is 1. The van der Waals surface area contributed by atoms with E-state index in [0.717, 1.165) is 5.56 Å². The van der Waals surface area contributed by atoms with Crippen LogP contribution in [0.3, 0.4) is 0 Å². The van der Waals surface area contributed by atoms with Crippen molar-refractivity contribution in [1.29, 1.82) is 0 Å². The van der Waals surface area contributed by atoms with Gasteiger partial charge in [-0.1, -0.05) is 12.1 Å². The molecule has 0 aliphatic carbocycles. The molecule has 0 bridgehead atoms. The first kappa shape index (κ1) is 12.6. The largest absolute Gasteiger partial charge is 0.507 e. The maximum absolute atomic E-state index is 12.2. The molecule has 1 amide bonds. The first-order chi connectivity index (χ1) is 7.49.